The highest BCUT2D eigenvalue weighted by Crippen LogP contribution is 2.66. The van der Waals surface area contributed by atoms with Crippen LogP contribution in [0.5, 0.6) is 5.75 Å². The molecule has 4 nitrogen and oxygen atoms in total. The van der Waals surface area contributed by atoms with Gasteiger partial charge in [0.1, 0.15) is 11.2 Å². The summed E-state index contributed by atoms with van der Waals surface area (Å²) in [6, 6.07) is 22.3. The third kappa shape index (κ3) is 2.19. The number of aromatic nitrogens is 1. The maximum Gasteiger partial charge on any atom is 0.326 e. The van der Waals surface area contributed by atoms with Crippen LogP contribution < -0.4 is 4.74 Å². The van der Waals surface area contributed by atoms with Crippen LogP contribution in [0.2, 0.25) is 0 Å². The number of pyridine rings is 1. The largest absolute Gasteiger partial charge is 0.425 e. The Balaban J connectivity index is 1.66. The molecule has 1 aliphatic heterocycles. The number of nitrogens with zero attached hydrogens (tertiary/aromatic N) is 1. The lowest BCUT2D eigenvalue weighted by atomic mass is 9.47. The van der Waals surface area contributed by atoms with Crippen molar-refractivity contribution in [2.75, 3.05) is 0 Å². The second-order valence-electron chi connectivity index (χ2n) is 7.14. The molecule has 0 saturated heterocycles. The quantitative estimate of drug-likeness (QED) is 0.307. The predicted octanol–water partition coefficient (Wildman–Crippen LogP) is 4.14. The molecule has 0 spiro atoms. The van der Waals surface area contributed by atoms with Crippen molar-refractivity contribution in [1.29, 1.82) is 0 Å². The van der Waals surface area contributed by atoms with Crippen molar-refractivity contribution in [1.82, 2.24) is 4.98 Å². The van der Waals surface area contributed by atoms with Crippen LogP contribution in [0.25, 0.3) is 0 Å². The molecule has 0 radical (unpaired) electrons. The number of ether oxygens (including phenoxy) is 1. The molecule has 1 saturated carbocycles. The molecule has 27 heavy (non-hydrogen) atoms. The first-order valence-electron chi connectivity index (χ1n) is 9.04. The molecule has 2 aromatic carbocycles. The minimum atomic E-state index is -1.18. The van der Waals surface area contributed by atoms with Crippen LogP contribution in [0.3, 0.4) is 0 Å². The molecule has 4 heteroatoms. The summed E-state index contributed by atoms with van der Waals surface area (Å²) in [6.45, 7) is 0. The molecule has 132 valence electrons. The maximum absolute atomic E-state index is 13.5. The van der Waals surface area contributed by atoms with Gasteiger partial charge in [-0.05, 0) is 24.6 Å². The highest BCUT2D eigenvalue weighted by Gasteiger charge is 2.67. The molecule has 0 amide bonds. The van der Waals surface area contributed by atoms with Gasteiger partial charge in [0.25, 0.3) is 0 Å². The summed E-state index contributed by atoms with van der Waals surface area (Å²) in [5.74, 6) is -0.331. The smallest absolute Gasteiger partial charge is 0.326 e. The van der Waals surface area contributed by atoms with Crippen LogP contribution in [0, 0.1) is 5.41 Å². The molecule has 3 atom stereocenters. The van der Waals surface area contributed by atoms with Gasteiger partial charge in [0, 0.05) is 34.9 Å². The van der Waals surface area contributed by atoms with E-state index < -0.39 is 11.4 Å². The first-order valence-corrected chi connectivity index (χ1v) is 9.04. The van der Waals surface area contributed by atoms with E-state index in [1.807, 2.05) is 54.6 Å². The van der Waals surface area contributed by atoms with Crippen molar-refractivity contribution in [3.05, 3.63) is 95.8 Å². The lowest BCUT2D eigenvalue weighted by Gasteiger charge is -2.54. The van der Waals surface area contributed by atoms with E-state index >= 15 is 0 Å². The fraction of sp³-hybridized carbons (Fsp3) is 0.174. The number of rotatable bonds is 3. The summed E-state index contributed by atoms with van der Waals surface area (Å²) >= 11 is 0. The average Bonchev–Trinajstić information content (AvgIpc) is 2.70. The predicted molar refractivity (Wildman–Crippen MR) is 99.6 cm³/mol. The zero-order valence-electron chi connectivity index (χ0n) is 14.5. The Morgan fingerprint density at radius 3 is 2.48 bits per heavy atom. The maximum atomic E-state index is 13.5. The molecule has 1 aromatic heterocycles. The molecule has 1 aliphatic carbocycles. The van der Waals surface area contributed by atoms with E-state index in [4.69, 9.17) is 4.74 Å². The molecule has 2 heterocycles. The summed E-state index contributed by atoms with van der Waals surface area (Å²) < 4.78 is 5.62. The number of benzene rings is 2. The Morgan fingerprint density at radius 2 is 1.70 bits per heavy atom. The summed E-state index contributed by atoms with van der Waals surface area (Å²) in [4.78, 5) is 31.0. The van der Waals surface area contributed by atoms with Gasteiger partial charge in [-0.15, -0.1) is 0 Å². The molecule has 2 aliphatic rings. The van der Waals surface area contributed by atoms with Crippen molar-refractivity contribution < 1.29 is 14.3 Å². The standard InChI is InChI=1S/C23H17NO3/c25-21(15-8-2-1-3-9-15)23-14-17(18-11-6-7-13-24-18)20(23)16-10-4-5-12-19(16)27-22(23)26/h1-13,17,20H,14H2/t17-,20-,23+/m1/s1. The van der Waals surface area contributed by atoms with E-state index in [0.29, 0.717) is 17.7 Å². The number of hydrogen-bond donors (Lipinski definition) is 0. The molecule has 0 unspecified atom stereocenters. The van der Waals surface area contributed by atoms with Gasteiger partial charge in [0.15, 0.2) is 5.78 Å². The number of carbonyl (C=O) groups is 2. The zero-order chi connectivity index (χ0) is 18.4. The number of esters is 1. The van der Waals surface area contributed by atoms with Crippen molar-refractivity contribution in [3.8, 4) is 5.75 Å². The first kappa shape index (κ1) is 15.9. The molecule has 0 N–H and O–H groups in total. The van der Waals surface area contributed by atoms with Crippen LogP contribution in [0.1, 0.15) is 39.9 Å². The van der Waals surface area contributed by atoms with E-state index in [0.717, 1.165) is 11.3 Å². The minimum Gasteiger partial charge on any atom is -0.425 e. The number of para-hydroxylation sites is 1. The Hall–Kier alpha value is -3.27. The van der Waals surface area contributed by atoms with E-state index in [2.05, 4.69) is 4.98 Å². The SMILES string of the molecule is O=C1Oc2ccccc2[C@@H]2[C@@H](c3ccccn3)C[C@]12C(=O)c1ccccc1. The van der Waals surface area contributed by atoms with Gasteiger partial charge in [0.2, 0.25) is 0 Å². The molecular formula is C23H17NO3. The zero-order valence-corrected chi connectivity index (χ0v) is 14.5. The molecule has 3 aromatic rings. The second kappa shape index (κ2) is 5.88. The fourth-order valence-electron chi connectivity index (χ4n) is 4.53. The van der Waals surface area contributed by atoms with Crippen molar-refractivity contribution in [3.63, 3.8) is 0 Å². The van der Waals surface area contributed by atoms with Crippen LogP contribution in [-0.2, 0) is 4.79 Å². The minimum absolute atomic E-state index is 0.00728. The van der Waals surface area contributed by atoms with Gasteiger partial charge in [-0.2, -0.15) is 0 Å². The third-order valence-corrected chi connectivity index (χ3v) is 5.80. The summed E-state index contributed by atoms with van der Waals surface area (Å²) in [5, 5.41) is 0. The summed E-state index contributed by atoms with van der Waals surface area (Å²) in [5.41, 5.74) is 1.17. The van der Waals surface area contributed by atoms with E-state index in [1.54, 1.807) is 24.4 Å². The first-order chi connectivity index (χ1) is 13.2. The van der Waals surface area contributed by atoms with Crippen molar-refractivity contribution in [2.45, 2.75) is 18.3 Å². The van der Waals surface area contributed by atoms with E-state index in [9.17, 15) is 9.59 Å². The second-order valence-corrected chi connectivity index (χ2v) is 7.14. The van der Waals surface area contributed by atoms with Crippen molar-refractivity contribution >= 4 is 11.8 Å². The molecule has 1 fully saturated rings. The van der Waals surface area contributed by atoms with Crippen LogP contribution in [0.15, 0.2) is 79.0 Å². The Labute approximate surface area is 156 Å². The topological polar surface area (TPSA) is 56.3 Å². The normalized spacial score (nSPS) is 25.6. The number of Topliss-reactive ketones (excluding diaryl/α,β-unsaturated/α-hetero) is 1. The number of hydrogen-bond acceptors (Lipinski definition) is 4. The lowest BCUT2D eigenvalue weighted by Crippen LogP contribution is -2.59. The van der Waals surface area contributed by atoms with Crippen LogP contribution in [-0.4, -0.2) is 16.7 Å². The number of carbonyl (C=O) groups excluding carboxylic acids is 2. The Morgan fingerprint density at radius 1 is 0.963 bits per heavy atom. The van der Waals surface area contributed by atoms with Crippen molar-refractivity contribution in [2.24, 2.45) is 5.41 Å². The molecule has 5 rings (SSSR count). The van der Waals surface area contributed by atoms with Gasteiger partial charge in [-0.1, -0.05) is 54.6 Å². The fourth-order valence-corrected chi connectivity index (χ4v) is 4.53. The Kier molecular flexibility index (Phi) is 3.47. The van der Waals surface area contributed by atoms with Gasteiger partial charge in [0.05, 0.1) is 0 Å². The Bertz CT molecular complexity index is 1030. The van der Waals surface area contributed by atoms with Gasteiger partial charge in [-0.3, -0.25) is 14.6 Å². The van der Waals surface area contributed by atoms with E-state index in [1.165, 1.54) is 0 Å². The summed E-state index contributed by atoms with van der Waals surface area (Å²) in [7, 11) is 0. The van der Waals surface area contributed by atoms with E-state index in [-0.39, 0.29) is 17.6 Å². The molecule has 0 bridgehead atoms. The number of ketones is 1. The third-order valence-electron chi connectivity index (χ3n) is 5.80. The highest BCUT2D eigenvalue weighted by atomic mass is 16.5. The molecular weight excluding hydrogens is 338 g/mol. The summed E-state index contributed by atoms with van der Waals surface area (Å²) in [6.07, 6.45) is 2.16. The average molecular weight is 355 g/mol. The monoisotopic (exact) mass is 355 g/mol. The lowest BCUT2D eigenvalue weighted by molar-refractivity contribution is -0.153. The van der Waals surface area contributed by atoms with Crippen LogP contribution in [0.4, 0.5) is 0 Å². The number of fused-ring (bicyclic) bond motifs is 3. The van der Waals surface area contributed by atoms with Gasteiger partial charge in [-0.25, -0.2) is 0 Å². The van der Waals surface area contributed by atoms with Gasteiger partial charge < -0.3 is 4.74 Å². The van der Waals surface area contributed by atoms with Gasteiger partial charge >= 0.3 is 5.97 Å². The highest BCUT2D eigenvalue weighted by molar-refractivity contribution is 6.15. The van der Waals surface area contributed by atoms with Crippen LogP contribution >= 0.6 is 0 Å².